The molecule has 1 aromatic rings. The summed E-state index contributed by atoms with van der Waals surface area (Å²) < 4.78 is 0. The molecule has 4 nitrogen and oxygen atoms in total. The van der Waals surface area contributed by atoms with Gasteiger partial charge in [-0.15, -0.1) is 0 Å². The SMILES string of the molecule is CCC[C@@H](N)c1cc(O)c(O)c(O)c1. The minimum absolute atomic E-state index is 0.225. The second-order valence-corrected chi connectivity index (χ2v) is 3.30. The van der Waals surface area contributed by atoms with Gasteiger partial charge in [0, 0.05) is 6.04 Å². The molecule has 0 spiro atoms. The number of rotatable bonds is 3. The lowest BCUT2D eigenvalue weighted by Gasteiger charge is -2.12. The van der Waals surface area contributed by atoms with Crippen LogP contribution in [0.15, 0.2) is 12.1 Å². The standard InChI is InChI=1S/C10H15NO3/c1-2-3-7(11)6-4-8(12)10(14)9(13)5-6/h4-5,7,12-14H,2-3,11H2,1H3/t7-/m1/s1. The lowest BCUT2D eigenvalue weighted by molar-refractivity contribution is 0.366. The number of benzene rings is 1. The van der Waals surface area contributed by atoms with E-state index < -0.39 is 5.75 Å². The molecule has 0 unspecified atom stereocenters. The van der Waals surface area contributed by atoms with Crippen LogP contribution < -0.4 is 5.73 Å². The number of aromatic hydroxyl groups is 3. The summed E-state index contributed by atoms with van der Waals surface area (Å²) in [5, 5.41) is 27.6. The van der Waals surface area contributed by atoms with Crippen LogP contribution in [0.25, 0.3) is 0 Å². The van der Waals surface area contributed by atoms with Crippen molar-refractivity contribution in [1.82, 2.24) is 0 Å². The molecular weight excluding hydrogens is 182 g/mol. The van der Waals surface area contributed by atoms with Gasteiger partial charge in [-0.2, -0.15) is 0 Å². The highest BCUT2D eigenvalue weighted by molar-refractivity contribution is 5.51. The fraction of sp³-hybridized carbons (Fsp3) is 0.400. The molecule has 1 atom stereocenters. The zero-order valence-electron chi connectivity index (χ0n) is 8.07. The van der Waals surface area contributed by atoms with Gasteiger partial charge in [-0.3, -0.25) is 0 Å². The third-order valence-electron chi connectivity index (χ3n) is 2.12. The van der Waals surface area contributed by atoms with Crippen molar-refractivity contribution in [2.75, 3.05) is 0 Å². The molecule has 0 saturated carbocycles. The molecule has 0 aliphatic rings. The Labute approximate surface area is 82.6 Å². The molecule has 0 fully saturated rings. The number of phenols is 3. The fourth-order valence-electron chi connectivity index (χ4n) is 1.32. The number of nitrogens with two attached hydrogens (primary N) is 1. The molecule has 0 saturated heterocycles. The first-order chi connectivity index (χ1) is 6.56. The summed E-state index contributed by atoms with van der Waals surface area (Å²) in [4.78, 5) is 0. The van der Waals surface area contributed by atoms with Crippen LogP contribution >= 0.6 is 0 Å². The maximum Gasteiger partial charge on any atom is 0.200 e. The molecule has 4 heteroatoms. The number of phenolic OH excluding ortho intramolecular Hbond substituents is 3. The molecule has 1 rings (SSSR count). The zero-order chi connectivity index (χ0) is 10.7. The molecule has 0 bridgehead atoms. The predicted octanol–water partition coefficient (Wildman–Crippen LogP) is 1.60. The molecule has 0 amide bonds. The highest BCUT2D eigenvalue weighted by atomic mass is 16.3. The van der Waals surface area contributed by atoms with Gasteiger partial charge < -0.3 is 21.1 Å². The van der Waals surface area contributed by atoms with E-state index >= 15 is 0 Å². The number of hydrogen-bond acceptors (Lipinski definition) is 4. The van der Waals surface area contributed by atoms with E-state index in [1.54, 1.807) is 0 Å². The molecule has 5 N–H and O–H groups in total. The summed E-state index contributed by atoms with van der Waals surface area (Å²) in [7, 11) is 0. The zero-order valence-corrected chi connectivity index (χ0v) is 8.07. The van der Waals surface area contributed by atoms with Crippen LogP contribution in [0.5, 0.6) is 17.2 Å². The maximum absolute atomic E-state index is 9.23. The Kier molecular flexibility index (Phi) is 3.19. The summed E-state index contributed by atoms with van der Waals surface area (Å²) in [5.41, 5.74) is 6.41. The van der Waals surface area contributed by atoms with Crippen molar-refractivity contribution < 1.29 is 15.3 Å². The highest BCUT2D eigenvalue weighted by Gasteiger charge is 2.12. The Morgan fingerprint density at radius 3 is 2.14 bits per heavy atom. The largest absolute Gasteiger partial charge is 0.504 e. The van der Waals surface area contributed by atoms with E-state index in [2.05, 4.69) is 0 Å². The van der Waals surface area contributed by atoms with Crippen LogP contribution in [0.3, 0.4) is 0 Å². The second kappa shape index (κ2) is 4.19. The molecule has 0 aliphatic carbocycles. The van der Waals surface area contributed by atoms with E-state index in [1.165, 1.54) is 12.1 Å². The van der Waals surface area contributed by atoms with Gasteiger partial charge in [0.25, 0.3) is 0 Å². The maximum atomic E-state index is 9.23. The number of hydrogen-bond donors (Lipinski definition) is 4. The molecule has 0 heterocycles. The predicted molar refractivity (Wildman–Crippen MR) is 53.3 cm³/mol. The van der Waals surface area contributed by atoms with Crippen molar-refractivity contribution in [3.05, 3.63) is 17.7 Å². The first kappa shape index (κ1) is 10.7. The van der Waals surface area contributed by atoms with E-state index in [1.807, 2.05) is 6.92 Å². The van der Waals surface area contributed by atoms with Crippen LogP contribution in [-0.4, -0.2) is 15.3 Å². The third-order valence-corrected chi connectivity index (χ3v) is 2.12. The smallest absolute Gasteiger partial charge is 0.200 e. The van der Waals surface area contributed by atoms with Gasteiger partial charge in [0.05, 0.1) is 0 Å². The third kappa shape index (κ3) is 2.09. The van der Waals surface area contributed by atoms with Gasteiger partial charge in [0.15, 0.2) is 17.2 Å². The Bertz CT molecular complexity index is 302. The van der Waals surface area contributed by atoms with Gasteiger partial charge >= 0.3 is 0 Å². The Morgan fingerprint density at radius 2 is 1.71 bits per heavy atom. The van der Waals surface area contributed by atoms with Gasteiger partial charge in [0.2, 0.25) is 0 Å². The summed E-state index contributed by atoms with van der Waals surface area (Å²) in [5.74, 6) is -1.18. The van der Waals surface area contributed by atoms with Crippen molar-refractivity contribution >= 4 is 0 Å². The minimum Gasteiger partial charge on any atom is -0.504 e. The summed E-state index contributed by atoms with van der Waals surface area (Å²) in [6.07, 6.45) is 1.69. The van der Waals surface area contributed by atoms with Crippen molar-refractivity contribution in [1.29, 1.82) is 0 Å². The van der Waals surface area contributed by atoms with E-state index in [0.717, 1.165) is 12.8 Å². The van der Waals surface area contributed by atoms with Crippen molar-refractivity contribution in [3.63, 3.8) is 0 Å². The summed E-state index contributed by atoms with van der Waals surface area (Å²) in [6, 6.07) is 2.52. The molecule has 14 heavy (non-hydrogen) atoms. The minimum atomic E-state index is -0.502. The van der Waals surface area contributed by atoms with Crippen LogP contribution in [-0.2, 0) is 0 Å². The van der Waals surface area contributed by atoms with Crippen LogP contribution in [0.4, 0.5) is 0 Å². The molecule has 1 aromatic carbocycles. The van der Waals surface area contributed by atoms with Crippen LogP contribution in [0.2, 0.25) is 0 Å². The van der Waals surface area contributed by atoms with Gasteiger partial charge in [-0.25, -0.2) is 0 Å². The van der Waals surface area contributed by atoms with Gasteiger partial charge in [0.1, 0.15) is 0 Å². The van der Waals surface area contributed by atoms with Crippen LogP contribution in [0.1, 0.15) is 31.4 Å². The summed E-state index contributed by atoms with van der Waals surface area (Å²) in [6.45, 7) is 2.00. The Hall–Kier alpha value is -1.42. The van der Waals surface area contributed by atoms with Crippen molar-refractivity contribution in [2.45, 2.75) is 25.8 Å². The molecule has 78 valence electrons. The van der Waals surface area contributed by atoms with Crippen LogP contribution in [0, 0.1) is 0 Å². The Balaban J connectivity index is 3.00. The van der Waals surface area contributed by atoms with Crippen molar-refractivity contribution in [3.8, 4) is 17.2 Å². The van der Waals surface area contributed by atoms with E-state index in [-0.39, 0.29) is 17.5 Å². The average Bonchev–Trinajstić information content (AvgIpc) is 2.13. The monoisotopic (exact) mass is 197 g/mol. The fourth-order valence-corrected chi connectivity index (χ4v) is 1.32. The lowest BCUT2D eigenvalue weighted by Crippen LogP contribution is -2.09. The molecule has 0 aliphatic heterocycles. The average molecular weight is 197 g/mol. The lowest BCUT2D eigenvalue weighted by atomic mass is 10.0. The first-order valence-corrected chi connectivity index (χ1v) is 4.56. The van der Waals surface area contributed by atoms with E-state index in [9.17, 15) is 10.2 Å². The van der Waals surface area contributed by atoms with Gasteiger partial charge in [-0.05, 0) is 24.1 Å². The Morgan fingerprint density at radius 1 is 1.21 bits per heavy atom. The summed E-state index contributed by atoms with van der Waals surface area (Å²) >= 11 is 0. The normalized spacial score (nSPS) is 12.7. The topological polar surface area (TPSA) is 86.7 Å². The second-order valence-electron chi connectivity index (χ2n) is 3.30. The highest BCUT2D eigenvalue weighted by Crippen LogP contribution is 2.37. The molecule has 0 radical (unpaired) electrons. The quantitative estimate of drug-likeness (QED) is 0.554. The van der Waals surface area contributed by atoms with E-state index in [0.29, 0.717) is 5.56 Å². The molecular formula is C10H15NO3. The van der Waals surface area contributed by atoms with Gasteiger partial charge in [-0.1, -0.05) is 13.3 Å². The first-order valence-electron chi connectivity index (χ1n) is 4.56. The van der Waals surface area contributed by atoms with Crippen molar-refractivity contribution in [2.24, 2.45) is 5.73 Å². The molecule has 0 aromatic heterocycles. The van der Waals surface area contributed by atoms with E-state index in [4.69, 9.17) is 10.8 Å².